The van der Waals surface area contributed by atoms with Crippen molar-refractivity contribution >= 4 is 11.0 Å². The number of rotatable bonds is 3. The maximum absolute atomic E-state index is 4.71. The van der Waals surface area contributed by atoms with Gasteiger partial charge in [0.25, 0.3) is 0 Å². The van der Waals surface area contributed by atoms with Crippen molar-refractivity contribution in [3.8, 4) is 11.1 Å². The van der Waals surface area contributed by atoms with Crippen molar-refractivity contribution in [1.82, 2.24) is 24.6 Å². The van der Waals surface area contributed by atoms with Crippen molar-refractivity contribution in [1.29, 1.82) is 0 Å². The third-order valence-electron chi connectivity index (χ3n) is 6.39. The second kappa shape index (κ2) is 6.54. The molecule has 26 heavy (non-hydrogen) atoms. The second-order valence-corrected chi connectivity index (χ2v) is 8.02. The average molecular weight is 349 g/mol. The van der Waals surface area contributed by atoms with E-state index in [1.165, 1.54) is 68.1 Å². The van der Waals surface area contributed by atoms with Gasteiger partial charge in [0.05, 0.1) is 6.20 Å². The Labute approximate surface area is 154 Å². The molecule has 5 nitrogen and oxygen atoms in total. The Morgan fingerprint density at radius 1 is 1.08 bits per heavy atom. The van der Waals surface area contributed by atoms with Gasteiger partial charge in [-0.1, -0.05) is 0 Å². The molecule has 1 N–H and O–H groups in total. The molecule has 1 saturated carbocycles. The molecule has 2 aliphatic rings. The molecule has 136 valence electrons. The topological polar surface area (TPSA) is 49.7 Å². The molecule has 1 aliphatic carbocycles. The van der Waals surface area contributed by atoms with Crippen LogP contribution in [0.4, 0.5) is 0 Å². The van der Waals surface area contributed by atoms with Crippen LogP contribution in [0.5, 0.6) is 0 Å². The number of hydrogen-bond donors (Lipinski definition) is 1. The molecule has 3 aromatic heterocycles. The van der Waals surface area contributed by atoms with E-state index in [1.54, 1.807) is 0 Å². The number of H-pyrrole nitrogens is 1. The lowest BCUT2D eigenvalue weighted by Crippen LogP contribution is -2.35. The van der Waals surface area contributed by atoms with Crippen molar-refractivity contribution in [3.63, 3.8) is 0 Å². The summed E-state index contributed by atoms with van der Waals surface area (Å²) in [6, 6.07) is 3.19. The number of aromatic nitrogens is 4. The summed E-state index contributed by atoms with van der Waals surface area (Å²) in [5.41, 5.74) is 4.73. The van der Waals surface area contributed by atoms with E-state index in [2.05, 4.69) is 39.6 Å². The van der Waals surface area contributed by atoms with Gasteiger partial charge in [-0.2, -0.15) is 5.10 Å². The van der Waals surface area contributed by atoms with Gasteiger partial charge in [-0.25, -0.2) is 4.98 Å². The van der Waals surface area contributed by atoms with Crippen LogP contribution in [-0.4, -0.2) is 43.8 Å². The fraction of sp³-hybridized carbons (Fsp3) is 0.524. The van der Waals surface area contributed by atoms with Crippen molar-refractivity contribution in [2.24, 2.45) is 7.05 Å². The van der Waals surface area contributed by atoms with Crippen LogP contribution >= 0.6 is 0 Å². The summed E-state index contributed by atoms with van der Waals surface area (Å²) in [4.78, 5) is 10.8. The van der Waals surface area contributed by atoms with Gasteiger partial charge in [-0.15, -0.1) is 0 Å². The molecule has 0 atom stereocenters. The number of nitrogens with zero attached hydrogens (tertiary/aromatic N) is 4. The van der Waals surface area contributed by atoms with Crippen LogP contribution in [0.25, 0.3) is 22.2 Å². The minimum atomic E-state index is 0.655. The van der Waals surface area contributed by atoms with Crippen LogP contribution in [-0.2, 0) is 7.05 Å². The third kappa shape index (κ3) is 2.84. The minimum Gasteiger partial charge on any atom is -0.346 e. The highest BCUT2D eigenvalue weighted by molar-refractivity contribution is 5.93. The maximum Gasteiger partial charge on any atom is 0.137 e. The molecule has 0 radical (unpaired) electrons. The number of nitrogens with one attached hydrogen (secondary N) is 1. The number of aryl methyl sites for hydroxylation is 1. The summed E-state index contributed by atoms with van der Waals surface area (Å²) in [5.74, 6) is 0.655. The Morgan fingerprint density at radius 3 is 2.62 bits per heavy atom. The largest absolute Gasteiger partial charge is 0.346 e. The van der Waals surface area contributed by atoms with Crippen LogP contribution in [0.15, 0.2) is 30.9 Å². The summed E-state index contributed by atoms with van der Waals surface area (Å²) in [6.07, 6.45) is 16.2. The molecular weight excluding hydrogens is 322 g/mol. The summed E-state index contributed by atoms with van der Waals surface area (Å²) < 4.78 is 1.85. The van der Waals surface area contributed by atoms with E-state index in [1.807, 2.05) is 17.9 Å². The van der Waals surface area contributed by atoms with E-state index in [-0.39, 0.29) is 0 Å². The van der Waals surface area contributed by atoms with E-state index >= 15 is 0 Å². The monoisotopic (exact) mass is 349 g/mol. The van der Waals surface area contributed by atoms with Gasteiger partial charge in [-0.05, 0) is 69.2 Å². The first-order valence-electron chi connectivity index (χ1n) is 9.98. The molecule has 1 aliphatic heterocycles. The van der Waals surface area contributed by atoms with E-state index < -0.39 is 0 Å². The van der Waals surface area contributed by atoms with E-state index in [0.717, 1.165) is 17.3 Å². The van der Waals surface area contributed by atoms with Crippen molar-refractivity contribution in [3.05, 3.63) is 36.4 Å². The highest BCUT2D eigenvalue weighted by Crippen LogP contribution is 2.37. The Hall–Kier alpha value is -2.14. The quantitative estimate of drug-likeness (QED) is 0.775. The lowest BCUT2D eigenvalue weighted by atomic mass is 9.81. The molecule has 0 bridgehead atoms. The molecule has 0 aromatic carbocycles. The number of hydrogen-bond acceptors (Lipinski definition) is 3. The number of pyridine rings is 1. The Bertz CT molecular complexity index is 894. The SMILES string of the molecule is Cn1cc(-c2c[nH]c3ncc([C@H]4CC[C@H](N5CCCC5)CC4)cc23)cn1. The van der Waals surface area contributed by atoms with Crippen molar-refractivity contribution in [2.75, 3.05) is 13.1 Å². The lowest BCUT2D eigenvalue weighted by molar-refractivity contribution is 0.182. The van der Waals surface area contributed by atoms with Gasteiger partial charge >= 0.3 is 0 Å². The van der Waals surface area contributed by atoms with E-state index in [9.17, 15) is 0 Å². The summed E-state index contributed by atoms with van der Waals surface area (Å²) in [7, 11) is 1.96. The first kappa shape index (κ1) is 16.1. The van der Waals surface area contributed by atoms with Gasteiger partial charge in [0.15, 0.2) is 0 Å². The zero-order valence-electron chi connectivity index (χ0n) is 15.5. The normalized spacial score (nSPS) is 24.5. The fourth-order valence-electron chi connectivity index (χ4n) is 4.92. The maximum atomic E-state index is 4.71. The van der Waals surface area contributed by atoms with Crippen LogP contribution < -0.4 is 0 Å². The van der Waals surface area contributed by atoms with Crippen molar-refractivity contribution in [2.45, 2.75) is 50.5 Å². The highest BCUT2D eigenvalue weighted by Gasteiger charge is 2.28. The van der Waals surface area contributed by atoms with E-state index in [0.29, 0.717) is 5.92 Å². The predicted molar refractivity (Wildman–Crippen MR) is 104 cm³/mol. The first-order valence-corrected chi connectivity index (χ1v) is 9.98. The number of likely N-dealkylation sites (tertiary alicyclic amines) is 1. The lowest BCUT2D eigenvalue weighted by Gasteiger charge is -2.34. The molecule has 2 fully saturated rings. The summed E-state index contributed by atoms with van der Waals surface area (Å²) in [6.45, 7) is 2.64. The Morgan fingerprint density at radius 2 is 1.88 bits per heavy atom. The summed E-state index contributed by atoms with van der Waals surface area (Å²) >= 11 is 0. The van der Waals surface area contributed by atoms with Gasteiger partial charge < -0.3 is 9.88 Å². The fourth-order valence-corrected chi connectivity index (χ4v) is 4.92. The number of fused-ring (bicyclic) bond motifs is 1. The molecule has 0 amide bonds. The Kier molecular flexibility index (Phi) is 4.04. The molecule has 4 heterocycles. The van der Waals surface area contributed by atoms with E-state index in [4.69, 9.17) is 4.98 Å². The molecule has 5 rings (SSSR count). The number of aromatic amines is 1. The second-order valence-electron chi connectivity index (χ2n) is 8.02. The third-order valence-corrected chi connectivity index (χ3v) is 6.39. The molecule has 5 heteroatoms. The van der Waals surface area contributed by atoms with Crippen LogP contribution in [0.3, 0.4) is 0 Å². The van der Waals surface area contributed by atoms with Gasteiger partial charge in [0, 0.05) is 48.2 Å². The molecule has 3 aromatic rings. The smallest absolute Gasteiger partial charge is 0.137 e. The Balaban J connectivity index is 1.38. The molecular formula is C21H27N5. The summed E-state index contributed by atoms with van der Waals surface area (Å²) in [5, 5.41) is 5.54. The molecule has 0 unspecified atom stereocenters. The van der Waals surface area contributed by atoms with Gasteiger partial charge in [-0.3, -0.25) is 4.68 Å². The molecule has 0 spiro atoms. The van der Waals surface area contributed by atoms with Crippen LogP contribution in [0.2, 0.25) is 0 Å². The van der Waals surface area contributed by atoms with Crippen molar-refractivity contribution < 1.29 is 0 Å². The molecule has 1 saturated heterocycles. The van der Waals surface area contributed by atoms with Crippen LogP contribution in [0.1, 0.15) is 50.0 Å². The predicted octanol–water partition coefficient (Wildman–Crippen LogP) is 4.09. The van der Waals surface area contributed by atoms with Gasteiger partial charge in [0.2, 0.25) is 0 Å². The first-order chi connectivity index (χ1) is 12.8. The zero-order chi connectivity index (χ0) is 17.5. The van der Waals surface area contributed by atoms with Crippen LogP contribution in [0, 0.1) is 0 Å². The zero-order valence-corrected chi connectivity index (χ0v) is 15.5. The van der Waals surface area contributed by atoms with Gasteiger partial charge in [0.1, 0.15) is 5.65 Å². The highest BCUT2D eigenvalue weighted by atomic mass is 15.2. The average Bonchev–Trinajstić information content (AvgIpc) is 3.42. The standard InChI is InChI=1S/C21H27N5/c1-25-14-17(12-24-25)20-13-23-21-19(20)10-16(11-22-21)15-4-6-18(7-5-15)26-8-2-3-9-26/h10-15,18H,2-9H2,1H3,(H,22,23)/t15-,18-. The minimum absolute atomic E-state index is 0.655.